The van der Waals surface area contributed by atoms with Gasteiger partial charge in [0, 0.05) is 36.7 Å². The number of aromatic nitrogens is 3. The minimum atomic E-state index is 0.862. The Morgan fingerprint density at radius 1 is 1.44 bits per heavy atom. The number of likely N-dealkylation sites (N-methyl/N-ethyl adjacent to an activating group) is 1. The molecule has 2 aromatic heterocycles. The number of halogens is 1. The van der Waals surface area contributed by atoms with E-state index in [0.717, 1.165) is 23.4 Å². The summed E-state index contributed by atoms with van der Waals surface area (Å²) in [5.41, 5.74) is 0. The highest BCUT2D eigenvalue weighted by Gasteiger charge is 2.02. The molecule has 0 saturated heterocycles. The zero-order chi connectivity index (χ0) is 11.4. The van der Waals surface area contributed by atoms with E-state index in [1.807, 2.05) is 36.1 Å². The topological polar surface area (TPSA) is 34.0 Å². The molecule has 0 N–H and O–H groups in total. The first-order valence-corrected chi connectivity index (χ1v) is 5.85. The van der Waals surface area contributed by atoms with Crippen LogP contribution in [0, 0.1) is 0 Å². The molecule has 0 fully saturated rings. The van der Waals surface area contributed by atoms with E-state index in [1.165, 1.54) is 0 Å². The summed E-state index contributed by atoms with van der Waals surface area (Å²) in [6, 6.07) is 5.91. The summed E-state index contributed by atoms with van der Waals surface area (Å²) < 4.78 is 2.91. The quantitative estimate of drug-likeness (QED) is 0.861. The van der Waals surface area contributed by atoms with E-state index >= 15 is 0 Å². The van der Waals surface area contributed by atoms with Gasteiger partial charge in [0.15, 0.2) is 0 Å². The fourth-order valence-corrected chi connectivity index (χ4v) is 1.63. The summed E-state index contributed by atoms with van der Waals surface area (Å²) in [4.78, 5) is 6.43. The van der Waals surface area contributed by atoms with Crippen molar-refractivity contribution in [3.8, 4) is 0 Å². The molecule has 5 heteroatoms. The standard InChI is InChI=1S/C11H13BrN4/c1-15(7-8-16-6-2-5-14-16)11-4-3-10(12)9-13-11/h2-6,9H,7-8H2,1H3. The Labute approximate surface area is 103 Å². The smallest absolute Gasteiger partial charge is 0.128 e. The Morgan fingerprint density at radius 2 is 2.31 bits per heavy atom. The third-order valence-corrected chi connectivity index (χ3v) is 2.80. The number of rotatable bonds is 4. The maximum atomic E-state index is 4.33. The van der Waals surface area contributed by atoms with Crippen LogP contribution in [0.5, 0.6) is 0 Å². The van der Waals surface area contributed by atoms with Crippen molar-refractivity contribution in [2.75, 3.05) is 18.5 Å². The molecule has 0 aliphatic rings. The number of hydrogen-bond donors (Lipinski definition) is 0. The average molecular weight is 281 g/mol. The summed E-state index contributed by atoms with van der Waals surface area (Å²) in [5, 5.41) is 4.16. The molecular formula is C11H13BrN4. The molecule has 16 heavy (non-hydrogen) atoms. The molecule has 84 valence electrons. The summed E-state index contributed by atoms with van der Waals surface area (Å²) in [6.45, 7) is 1.75. The van der Waals surface area contributed by atoms with Crippen LogP contribution in [0.25, 0.3) is 0 Å². The van der Waals surface area contributed by atoms with E-state index in [9.17, 15) is 0 Å². The van der Waals surface area contributed by atoms with Crippen LogP contribution in [-0.2, 0) is 6.54 Å². The predicted molar refractivity (Wildman–Crippen MR) is 67.4 cm³/mol. The first kappa shape index (κ1) is 11.1. The zero-order valence-electron chi connectivity index (χ0n) is 9.05. The van der Waals surface area contributed by atoms with E-state index < -0.39 is 0 Å². The third kappa shape index (κ3) is 2.82. The average Bonchev–Trinajstić information content (AvgIpc) is 2.80. The summed E-state index contributed by atoms with van der Waals surface area (Å²) in [5.74, 6) is 0.968. The second-order valence-corrected chi connectivity index (χ2v) is 4.44. The van der Waals surface area contributed by atoms with Gasteiger partial charge in [-0.1, -0.05) is 0 Å². The molecule has 0 radical (unpaired) electrons. The maximum absolute atomic E-state index is 4.33. The van der Waals surface area contributed by atoms with Gasteiger partial charge in [0.1, 0.15) is 5.82 Å². The largest absolute Gasteiger partial charge is 0.358 e. The molecule has 0 aliphatic carbocycles. The van der Waals surface area contributed by atoms with Gasteiger partial charge in [-0.05, 0) is 34.1 Å². The van der Waals surface area contributed by atoms with Gasteiger partial charge in [-0.15, -0.1) is 0 Å². The van der Waals surface area contributed by atoms with E-state index in [4.69, 9.17) is 0 Å². The SMILES string of the molecule is CN(CCn1cccn1)c1ccc(Br)cn1. The number of pyridine rings is 1. The summed E-state index contributed by atoms with van der Waals surface area (Å²) in [7, 11) is 2.03. The Hall–Kier alpha value is -1.36. The molecule has 2 heterocycles. The van der Waals surface area contributed by atoms with E-state index in [2.05, 4.69) is 30.9 Å². The Kier molecular flexibility index (Phi) is 3.56. The van der Waals surface area contributed by atoms with Gasteiger partial charge in [-0.3, -0.25) is 4.68 Å². The first-order valence-electron chi connectivity index (χ1n) is 5.06. The summed E-state index contributed by atoms with van der Waals surface area (Å²) in [6.07, 6.45) is 5.56. The molecule has 0 aromatic carbocycles. The predicted octanol–water partition coefficient (Wildman–Crippen LogP) is 2.18. The molecule has 0 atom stereocenters. The molecule has 4 nitrogen and oxygen atoms in total. The van der Waals surface area contributed by atoms with Crippen molar-refractivity contribution in [3.63, 3.8) is 0 Å². The minimum absolute atomic E-state index is 0.862. The number of hydrogen-bond acceptors (Lipinski definition) is 3. The van der Waals surface area contributed by atoms with Gasteiger partial charge >= 0.3 is 0 Å². The highest BCUT2D eigenvalue weighted by atomic mass is 79.9. The monoisotopic (exact) mass is 280 g/mol. The van der Waals surface area contributed by atoms with Crippen LogP contribution in [0.2, 0.25) is 0 Å². The lowest BCUT2D eigenvalue weighted by molar-refractivity contribution is 0.609. The van der Waals surface area contributed by atoms with Gasteiger partial charge in [0.2, 0.25) is 0 Å². The molecule has 2 aromatic rings. The van der Waals surface area contributed by atoms with Crippen molar-refractivity contribution in [1.82, 2.24) is 14.8 Å². The lowest BCUT2D eigenvalue weighted by Gasteiger charge is -2.17. The fraction of sp³-hybridized carbons (Fsp3) is 0.273. The second-order valence-electron chi connectivity index (χ2n) is 3.53. The Balaban J connectivity index is 1.93. The van der Waals surface area contributed by atoms with Gasteiger partial charge in [0.25, 0.3) is 0 Å². The minimum Gasteiger partial charge on any atom is -0.358 e. The highest BCUT2D eigenvalue weighted by Crippen LogP contribution is 2.13. The Morgan fingerprint density at radius 3 is 2.94 bits per heavy atom. The van der Waals surface area contributed by atoms with Gasteiger partial charge in [-0.2, -0.15) is 5.10 Å². The lowest BCUT2D eigenvalue weighted by atomic mass is 10.4. The normalized spacial score (nSPS) is 10.4. The van der Waals surface area contributed by atoms with Gasteiger partial charge in [-0.25, -0.2) is 4.98 Å². The van der Waals surface area contributed by atoms with Crippen molar-refractivity contribution < 1.29 is 0 Å². The molecule has 0 saturated carbocycles. The van der Waals surface area contributed by atoms with Crippen molar-refractivity contribution in [1.29, 1.82) is 0 Å². The van der Waals surface area contributed by atoms with Crippen LogP contribution in [0.15, 0.2) is 41.3 Å². The third-order valence-electron chi connectivity index (χ3n) is 2.33. The summed E-state index contributed by atoms with van der Waals surface area (Å²) >= 11 is 3.37. The number of anilines is 1. The van der Waals surface area contributed by atoms with Gasteiger partial charge < -0.3 is 4.90 Å². The zero-order valence-corrected chi connectivity index (χ0v) is 10.6. The van der Waals surface area contributed by atoms with Crippen LogP contribution < -0.4 is 4.90 Å². The van der Waals surface area contributed by atoms with E-state index in [1.54, 1.807) is 12.4 Å². The van der Waals surface area contributed by atoms with E-state index in [-0.39, 0.29) is 0 Å². The molecule has 0 aliphatic heterocycles. The van der Waals surface area contributed by atoms with Crippen molar-refractivity contribution in [2.45, 2.75) is 6.54 Å². The number of nitrogens with zero attached hydrogens (tertiary/aromatic N) is 4. The molecular weight excluding hydrogens is 268 g/mol. The highest BCUT2D eigenvalue weighted by molar-refractivity contribution is 9.10. The molecule has 0 unspecified atom stereocenters. The van der Waals surface area contributed by atoms with Crippen LogP contribution in [0.4, 0.5) is 5.82 Å². The van der Waals surface area contributed by atoms with Crippen LogP contribution in [0.1, 0.15) is 0 Å². The molecule has 2 rings (SSSR count). The fourth-order valence-electron chi connectivity index (χ4n) is 1.39. The second kappa shape index (κ2) is 5.12. The van der Waals surface area contributed by atoms with Crippen molar-refractivity contribution in [3.05, 3.63) is 41.3 Å². The maximum Gasteiger partial charge on any atom is 0.128 e. The lowest BCUT2D eigenvalue weighted by Crippen LogP contribution is -2.23. The molecule has 0 amide bonds. The Bertz CT molecular complexity index is 424. The molecule has 0 bridgehead atoms. The van der Waals surface area contributed by atoms with E-state index in [0.29, 0.717) is 0 Å². The molecule has 0 spiro atoms. The van der Waals surface area contributed by atoms with Crippen LogP contribution >= 0.6 is 15.9 Å². The van der Waals surface area contributed by atoms with Gasteiger partial charge in [0.05, 0.1) is 6.54 Å². The van der Waals surface area contributed by atoms with Crippen molar-refractivity contribution >= 4 is 21.7 Å². The van der Waals surface area contributed by atoms with Crippen LogP contribution in [0.3, 0.4) is 0 Å². The van der Waals surface area contributed by atoms with Crippen LogP contribution in [-0.4, -0.2) is 28.4 Å². The first-order chi connectivity index (χ1) is 7.75. The van der Waals surface area contributed by atoms with Crippen molar-refractivity contribution in [2.24, 2.45) is 0 Å².